The minimum absolute atomic E-state index is 0.0527. The van der Waals surface area contributed by atoms with Crippen LogP contribution in [0.4, 0.5) is 4.79 Å². The zero-order valence-electron chi connectivity index (χ0n) is 11.6. The predicted octanol–water partition coefficient (Wildman–Crippen LogP) is 2.54. The Morgan fingerprint density at radius 3 is 2.42 bits per heavy atom. The van der Waals surface area contributed by atoms with Crippen LogP contribution in [0.25, 0.3) is 0 Å². The smallest absolute Gasteiger partial charge is 0.315 e. The Hall–Kier alpha value is -1.20. The first-order valence-electron chi connectivity index (χ1n) is 6.44. The molecule has 2 amide bonds. The number of rotatable bonds is 6. The third-order valence-corrected chi connectivity index (χ3v) is 3.51. The van der Waals surface area contributed by atoms with Gasteiger partial charge in [-0.15, -0.1) is 11.8 Å². The molecule has 106 valence electrons. The summed E-state index contributed by atoms with van der Waals surface area (Å²) in [6.45, 7) is 6.47. The van der Waals surface area contributed by atoms with Crippen molar-refractivity contribution >= 4 is 17.8 Å². The van der Waals surface area contributed by atoms with E-state index in [0.717, 1.165) is 5.56 Å². The largest absolute Gasteiger partial charge is 0.395 e. The Morgan fingerprint density at radius 1 is 1.26 bits per heavy atom. The number of hydrogen-bond donors (Lipinski definition) is 3. The van der Waals surface area contributed by atoms with Crippen LogP contribution < -0.4 is 10.6 Å². The van der Waals surface area contributed by atoms with Gasteiger partial charge in [-0.1, -0.05) is 26.0 Å². The van der Waals surface area contributed by atoms with Gasteiger partial charge < -0.3 is 15.7 Å². The molecule has 0 saturated carbocycles. The quantitative estimate of drug-likeness (QED) is 0.703. The van der Waals surface area contributed by atoms with E-state index in [1.54, 1.807) is 0 Å². The maximum atomic E-state index is 11.5. The Bertz CT molecular complexity index is 393. The molecule has 1 aromatic rings. The molecule has 3 N–H and O–H groups in total. The second-order valence-corrected chi connectivity index (χ2v) is 6.23. The average Bonchev–Trinajstić information content (AvgIpc) is 2.36. The highest BCUT2D eigenvalue weighted by atomic mass is 32.2. The first kappa shape index (κ1) is 15.9. The first-order chi connectivity index (χ1) is 9.02. The number of thioether (sulfide) groups is 1. The van der Waals surface area contributed by atoms with E-state index in [1.165, 1.54) is 4.90 Å². The molecular formula is C14H22N2O2S. The molecule has 5 heteroatoms. The summed E-state index contributed by atoms with van der Waals surface area (Å²) in [4.78, 5) is 12.7. The fourth-order valence-corrected chi connectivity index (χ4v) is 2.45. The lowest BCUT2D eigenvalue weighted by Gasteiger charge is -2.15. The molecular weight excluding hydrogens is 260 g/mol. The standard InChI is InChI=1S/C14H22N2O2S/c1-10(2)19-13-6-4-12(5-7-13)11(3)16-14(18)15-8-9-17/h4-7,10-11,17H,8-9H2,1-3H3,(H2,15,16,18). The van der Waals surface area contributed by atoms with Crippen LogP contribution in [-0.4, -0.2) is 29.5 Å². The normalized spacial score (nSPS) is 12.3. The second kappa shape index (κ2) is 8.07. The number of aliphatic hydroxyl groups is 1. The number of urea groups is 1. The molecule has 1 atom stereocenters. The molecule has 0 saturated heterocycles. The van der Waals surface area contributed by atoms with Gasteiger partial charge in [0, 0.05) is 16.7 Å². The lowest BCUT2D eigenvalue weighted by molar-refractivity contribution is 0.231. The molecule has 0 radical (unpaired) electrons. The third-order valence-electron chi connectivity index (χ3n) is 2.50. The van der Waals surface area contributed by atoms with E-state index in [4.69, 9.17) is 5.11 Å². The van der Waals surface area contributed by atoms with Gasteiger partial charge in [0.1, 0.15) is 0 Å². The second-order valence-electron chi connectivity index (χ2n) is 4.58. The van der Waals surface area contributed by atoms with Gasteiger partial charge in [0.15, 0.2) is 0 Å². The minimum atomic E-state index is -0.262. The lowest BCUT2D eigenvalue weighted by atomic mass is 10.1. The summed E-state index contributed by atoms with van der Waals surface area (Å²) in [5.41, 5.74) is 1.06. The highest BCUT2D eigenvalue weighted by Gasteiger charge is 2.09. The fourth-order valence-electron chi connectivity index (χ4n) is 1.61. The molecule has 1 unspecified atom stereocenters. The maximum absolute atomic E-state index is 11.5. The van der Waals surface area contributed by atoms with Gasteiger partial charge in [0.05, 0.1) is 12.6 Å². The number of carbonyl (C=O) groups is 1. The zero-order chi connectivity index (χ0) is 14.3. The fraction of sp³-hybridized carbons (Fsp3) is 0.500. The van der Waals surface area contributed by atoms with Gasteiger partial charge in [0.2, 0.25) is 0 Å². The van der Waals surface area contributed by atoms with Crippen LogP contribution in [0.1, 0.15) is 32.4 Å². The predicted molar refractivity (Wildman–Crippen MR) is 79.5 cm³/mol. The first-order valence-corrected chi connectivity index (χ1v) is 7.32. The van der Waals surface area contributed by atoms with E-state index in [2.05, 4.69) is 36.6 Å². The Balaban J connectivity index is 2.52. The van der Waals surface area contributed by atoms with Crippen molar-refractivity contribution in [1.82, 2.24) is 10.6 Å². The Kier molecular flexibility index (Phi) is 6.73. The van der Waals surface area contributed by atoms with E-state index < -0.39 is 0 Å². The minimum Gasteiger partial charge on any atom is -0.395 e. The molecule has 0 aliphatic carbocycles. The van der Waals surface area contributed by atoms with Crippen LogP contribution in [0, 0.1) is 0 Å². The van der Waals surface area contributed by atoms with Crippen LogP contribution in [0.5, 0.6) is 0 Å². The van der Waals surface area contributed by atoms with Gasteiger partial charge in [-0.2, -0.15) is 0 Å². The summed E-state index contributed by atoms with van der Waals surface area (Å²) in [7, 11) is 0. The summed E-state index contributed by atoms with van der Waals surface area (Å²) >= 11 is 1.82. The summed E-state index contributed by atoms with van der Waals surface area (Å²) < 4.78 is 0. The average molecular weight is 282 g/mol. The SMILES string of the molecule is CC(C)Sc1ccc(C(C)NC(=O)NCCO)cc1. The van der Waals surface area contributed by atoms with Crippen molar-refractivity contribution in [2.45, 2.75) is 37.0 Å². The maximum Gasteiger partial charge on any atom is 0.315 e. The molecule has 1 aromatic carbocycles. The molecule has 0 fully saturated rings. The highest BCUT2D eigenvalue weighted by molar-refractivity contribution is 7.99. The third kappa shape index (κ3) is 5.98. The molecule has 0 aliphatic heterocycles. The summed E-state index contributed by atoms with van der Waals surface area (Å²) in [5.74, 6) is 0. The van der Waals surface area contributed by atoms with Gasteiger partial charge in [-0.25, -0.2) is 4.79 Å². The summed E-state index contributed by atoms with van der Waals surface area (Å²) in [6.07, 6.45) is 0. The van der Waals surface area contributed by atoms with Crippen molar-refractivity contribution in [3.63, 3.8) is 0 Å². The van der Waals surface area contributed by atoms with Crippen LogP contribution in [0.3, 0.4) is 0 Å². The van der Waals surface area contributed by atoms with Gasteiger partial charge in [-0.3, -0.25) is 0 Å². The summed E-state index contributed by atoms with van der Waals surface area (Å²) in [5, 5.41) is 14.6. The van der Waals surface area contributed by atoms with Crippen molar-refractivity contribution in [3.8, 4) is 0 Å². The molecule has 0 bridgehead atoms. The molecule has 4 nitrogen and oxygen atoms in total. The van der Waals surface area contributed by atoms with Crippen molar-refractivity contribution in [1.29, 1.82) is 0 Å². The number of carbonyl (C=O) groups excluding carboxylic acids is 1. The molecule has 0 heterocycles. The molecule has 0 aromatic heterocycles. The van der Waals surface area contributed by atoms with Crippen molar-refractivity contribution in [2.24, 2.45) is 0 Å². The van der Waals surface area contributed by atoms with Crippen molar-refractivity contribution < 1.29 is 9.90 Å². The van der Waals surface area contributed by atoms with Gasteiger partial charge in [0.25, 0.3) is 0 Å². The van der Waals surface area contributed by atoms with E-state index in [1.807, 2.05) is 30.8 Å². The monoisotopic (exact) mass is 282 g/mol. The van der Waals surface area contributed by atoms with E-state index in [0.29, 0.717) is 5.25 Å². The number of nitrogens with one attached hydrogen (secondary N) is 2. The van der Waals surface area contributed by atoms with Crippen LogP contribution in [-0.2, 0) is 0 Å². The zero-order valence-corrected chi connectivity index (χ0v) is 12.5. The summed E-state index contributed by atoms with van der Waals surface area (Å²) in [6, 6.07) is 7.88. The highest BCUT2D eigenvalue weighted by Crippen LogP contribution is 2.24. The van der Waals surface area contributed by atoms with E-state index in [9.17, 15) is 4.79 Å². The number of hydrogen-bond acceptors (Lipinski definition) is 3. The number of benzene rings is 1. The lowest BCUT2D eigenvalue weighted by Crippen LogP contribution is -2.38. The topological polar surface area (TPSA) is 61.4 Å². The van der Waals surface area contributed by atoms with Crippen molar-refractivity contribution in [3.05, 3.63) is 29.8 Å². The molecule has 0 aliphatic rings. The Labute approximate surface area is 119 Å². The number of amides is 2. The van der Waals surface area contributed by atoms with E-state index in [-0.39, 0.29) is 25.2 Å². The molecule has 1 rings (SSSR count). The number of aliphatic hydroxyl groups excluding tert-OH is 1. The molecule has 19 heavy (non-hydrogen) atoms. The Morgan fingerprint density at radius 2 is 1.89 bits per heavy atom. The van der Waals surface area contributed by atoms with Gasteiger partial charge >= 0.3 is 6.03 Å². The van der Waals surface area contributed by atoms with Gasteiger partial charge in [-0.05, 0) is 24.6 Å². The molecule has 0 spiro atoms. The van der Waals surface area contributed by atoms with Crippen LogP contribution in [0.2, 0.25) is 0 Å². The van der Waals surface area contributed by atoms with E-state index >= 15 is 0 Å². The van der Waals surface area contributed by atoms with Crippen molar-refractivity contribution in [2.75, 3.05) is 13.2 Å². The van der Waals surface area contributed by atoms with Crippen LogP contribution >= 0.6 is 11.8 Å². The van der Waals surface area contributed by atoms with Crippen LogP contribution in [0.15, 0.2) is 29.2 Å².